The first-order valence-electron chi connectivity index (χ1n) is 11.2. The average Bonchev–Trinajstić information content (AvgIpc) is 3.14. The molecule has 0 radical (unpaired) electrons. The van der Waals surface area contributed by atoms with Crippen molar-refractivity contribution in [2.45, 2.75) is 58.7 Å². The Bertz CT molecular complexity index is 1120. The van der Waals surface area contributed by atoms with Crippen molar-refractivity contribution in [3.63, 3.8) is 0 Å². The van der Waals surface area contributed by atoms with Gasteiger partial charge in [0.25, 0.3) is 0 Å². The molecular formula is C26H31FN4O3. The van der Waals surface area contributed by atoms with Gasteiger partial charge in [0.05, 0.1) is 17.9 Å². The van der Waals surface area contributed by atoms with Crippen LogP contribution in [0.2, 0.25) is 0 Å². The topological polar surface area (TPSA) is 85.2 Å². The van der Waals surface area contributed by atoms with E-state index in [0.29, 0.717) is 6.42 Å². The number of halogens is 1. The molecule has 2 amide bonds. The normalized spacial score (nSPS) is 13.1. The lowest BCUT2D eigenvalue weighted by molar-refractivity contribution is -0.123. The Morgan fingerprint density at radius 1 is 1.06 bits per heavy atom. The minimum absolute atomic E-state index is 0.312. The molecule has 0 aliphatic heterocycles. The second kappa shape index (κ2) is 10.5. The maximum Gasteiger partial charge on any atom is 0.408 e. The average molecular weight is 467 g/mol. The maximum absolute atomic E-state index is 13.3. The lowest BCUT2D eigenvalue weighted by Crippen LogP contribution is -2.49. The summed E-state index contributed by atoms with van der Waals surface area (Å²) in [6.45, 7) is 9.03. The van der Waals surface area contributed by atoms with E-state index in [9.17, 15) is 14.0 Å². The molecule has 2 aromatic carbocycles. The summed E-state index contributed by atoms with van der Waals surface area (Å²) in [7, 11) is 0. The van der Waals surface area contributed by atoms with Crippen molar-refractivity contribution in [1.82, 2.24) is 20.4 Å². The van der Waals surface area contributed by atoms with Crippen LogP contribution in [-0.2, 0) is 16.0 Å². The van der Waals surface area contributed by atoms with Gasteiger partial charge in [-0.05, 0) is 64.4 Å². The number of ether oxygens (including phenoxy) is 1. The van der Waals surface area contributed by atoms with Crippen LogP contribution in [0.15, 0.2) is 60.8 Å². The largest absolute Gasteiger partial charge is 0.444 e. The highest BCUT2D eigenvalue weighted by Gasteiger charge is 2.26. The summed E-state index contributed by atoms with van der Waals surface area (Å²) in [6.07, 6.45) is 1.33. The summed E-state index contributed by atoms with van der Waals surface area (Å²) in [5.41, 5.74) is 2.58. The second-order valence-corrected chi connectivity index (χ2v) is 9.19. The molecule has 3 rings (SSSR count). The van der Waals surface area contributed by atoms with Crippen molar-refractivity contribution < 1.29 is 18.7 Å². The molecule has 0 bridgehead atoms. The molecule has 34 heavy (non-hydrogen) atoms. The standard InChI is InChI=1S/C26H31FN4O3/c1-17(22-16-28-31(18(22)2)21-13-11-20(27)12-14-21)29-24(32)23(15-19-9-7-6-8-10-19)30-25(33)34-26(3,4)5/h6-14,16-17,23H,15H2,1-5H3,(H,29,32)(H,30,33). The van der Waals surface area contributed by atoms with Crippen LogP contribution in [0, 0.1) is 12.7 Å². The molecule has 0 saturated heterocycles. The van der Waals surface area contributed by atoms with Crippen molar-refractivity contribution in [2.24, 2.45) is 0 Å². The number of hydrogen-bond acceptors (Lipinski definition) is 4. The van der Waals surface area contributed by atoms with Crippen LogP contribution in [0.5, 0.6) is 0 Å². The number of rotatable bonds is 7. The Hall–Kier alpha value is -3.68. The van der Waals surface area contributed by atoms with E-state index in [1.54, 1.807) is 43.8 Å². The van der Waals surface area contributed by atoms with E-state index in [1.807, 2.05) is 44.2 Å². The summed E-state index contributed by atoms with van der Waals surface area (Å²) < 4.78 is 20.3. The van der Waals surface area contributed by atoms with Gasteiger partial charge < -0.3 is 15.4 Å². The minimum atomic E-state index is -0.827. The number of hydrogen-bond donors (Lipinski definition) is 2. The summed E-state index contributed by atoms with van der Waals surface area (Å²) in [5, 5.41) is 10.1. The first-order chi connectivity index (χ1) is 16.0. The highest BCUT2D eigenvalue weighted by molar-refractivity contribution is 5.86. The summed E-state index contributed by atoms with van der Waals surface area (Å²) in [5.74, 6) is -0.660. The van der Waals surface area contributed by atoms with Gasteiger partial charge >= 0.3 is 6.09 Å². The van der Waals surface area contributed by atoms with Crippen molar-refractivity contribution in [2.75, 3.05) is 0 Å². The predicted octanol–water partition coefficient (Wildman–Crippen LogP) is 4.63. The first-order valence-corrected chi connectivity index (χ1v) is 11.2. The third-order valence-corrected chi connectivity index (χ3v) is 5.23. The molecule has 0 spiro atoms. The fourth-order valence-corrected chi connectivity index (χ4v) is 3.59. The van der Waals surface area contributed by atoms with Crippen molar-refractivity contribution in [1.29, 1.82) is 0 Å². The van der Waals surface area contributed by atoms with Gasteiger partial charge in [-0.3, -0.25) is 4.79 Å². The zero-order valence-corrected chi connectivity index (χ0v) is 20.1. The van der Waals surface area contributed by atoms with E-state index >= 15 is 0 Å². The third-order valence-electron chi connectivity index (χ3n) is 5.23. The lowest BCUT2D eigenvalue weighted by atomic mass is 10.0. The van der Waals surface area contributed by atoms with Crippen LogP contribution in [0.25, 0.3) is 5.69 Å². The van der Waals surface area contributed by atoms with E-state index in [2.05, 4.69) is 15.7 Å². The molecule has 0 aliphatic carbocycles. The Balaban J connectivity index is 1.76. The number of nitrogens with zero attached hydrogens (tertiary/aromatic N) is 2. The van der Waals surface area contributed by atoms with E-state index in [4.69, 9.17) is 4.74 Å². The molecule has 0 aliphatic rings. The molecule has 0 saturated carbocycles. The first kappa shape index (κ1) is 25.0. The van der Waals surface area contributed by atoms with E-state index in [-0.39, 0.29) is 17.8 Å². The van der Waals surface area contributed by atoms with Crippen LogP contribution in [0.1, 0.15) is 50.6 Å². The summed E-state index contributed by atoms with van der Waals surface area (Å²) in [6, 6.07) is 14.3. The molecule has 2 N–H and O–H groups in total. The highest BCUT2D eigenvalue weighted by atomic mass is 19.1. The smallest absolute Gasteiger partial charge is 0.408 e. The van der Waals surface area contributed by atoms with Gasteiger partial charge in [-0.1, -0.05) is 30.3 Å². The molecule has 2 atom stereocenters. The Morgan fingerprint density at radius 2 is 1.71 bits per heavy atom. The molecule has 7 nitrogen and oxygen atoms in total. The zero-order chi connectivity index (χ0) is 24.9. The number of carbonyl (C=O) groups is 2. The fraction of sp³-hybridized carbons (Fsp3) is 0.346. The molecule has 1 heterocycles. The van der Waals surface area contributed by atoms with Crippen LogP contribution in [0.4, 0.5) is 9.18 Å². The Morgan fingerprint density at radius 3 is 2.32 bits per heavy atom. The monoisotopic (exact) mass is 466 g/mol. The van der Waals surface area contributed by atoms with Crippen LogP contribution in [0.3, 0.4) is 0 Å². The van der Waals surface area contributed by atoms with Gasteiger partial charge in [0.1, 0.15) is 17.5 Å². The Kier molecular flexibility index (Phi) is 7.71. The number of alkyl carbamates (subject to hydrolysis) is 1. The zero-order valence-electron chi connectivity index (χ0n) is 20.1. The van der Waals surface area contributed by atoms with Crippen molar-refractivity contribution in [3.05, 3.63) is 83.4 Å². The second-order valence-electron chi connectivity index (χ2n) is 9.19. The number of nitrogens with one attached hydrogen (secondary N) is 2. The van der Waals surface area contributed by atoms with Gasteiger partial charge in [-0.15, -0.1) is 0 Å². The minimum Gasteiger partial charge on any atom is -0.444 e. The quantitative estimate of drug-likeness (QED) is 0.532. The summed E-state index contributed by atoms with van der Waals surface area (Å²) >= 11 is 0. The van der Waals surface area contributed by atoms with Crippen LogP contribution < -0.4 is 10.6 Å². The molecule has 3 aromatic rings. The number of amides is 2. The van der Waals surface area contributed by atoms with Gasteiger partial charge in [0.15, 0.2) is 0 Å². The van der Waals surface area contributed by atoms with Crippen molar-refractivity contribution in [3.8, 4) is 5.69 Å². The molecule has 1 aromatic heterocycles. The van der Waals surface area contributed by atoms with E-state index in [1.165, 1.54) is 12.1 Å². The summed E-state index contributed by atoms with van der Waals surface area (Å²) in [4.78, 5) is 25.6. The number of benzene rings is 2. The molecule has 2 unspecified atom stereocenters. The highest BCUT2D eigenvalue weighted by Crippen LogP contribution is 2.21. The Labute approximate surface area is 199 Å². The molecule has 8 heteroatoms. The fourth-order valence-electron chi connectivity index (χ4n) is 3.59. The predicted molar refractivity (Wildman–Crippen MR) is 128 cm³/mol. The molecule has 0 fully saturated rings. The van der Waals surface area contributed by atoms with Gasteiger partial charge in [0.2, 0.25) is 5.91 Å². The number of aromatic nitrogens is 2. The third kappa shape index (κ3) is 6.66. The van der Waals surface area contributed by atoms with Crippen LogP contribution >= 0.6 is 0 Å². The number of carbonyl (C=O) groups excluding carboxylic acids is 2. The van der Waals surface area contributed by atoms with E-state index in [0.717, 1.165) is 22.5 Å². The van der Waals surface area contributed by atoms with Crippen LogP contribution in [-0.4, -0.2) is 33.4 Å². The van der Waals surface area contributed by atoms with Gasteiger partial charge in [-0.2, -0.15) is 5.10 Å². The maximum atomic E-state index is 13.3. The molecular weight excluding hydrogens is 435 g/mol. The SMILES string of the molecule is Cc1c(C(C)NC(=O)C(Cc2ccccc2)NC(=O)OC(C)(C)C)cnn1-c1ccc(F)cc1. The van der Waals surface area contributed by atoms with Crippen molar-refractivity contribution >= 4 is 12.0 Å². The van der Waals surface area contributed by atoms with E-state index < -0.39 is 17.7 Å². The van der Waals surface area contributed by atoms with Gasteiger partial charge in [0, 0.05) is 17.7 Å². The van der Waals surface area contributed by atoms with Gasteiger partial charge in [-0.25, -0.2) is 13.9 Å². The lowest BCUT2D eigenvalue weighted by Gasteiger charge is -2.24. The molecule has 180 valence electrons.